The van der Waals surface area contributed by atoms with Gasteiger partial charge in [-0.2, -0.15) is 0 Å². The zero-order chi connectivity index (χ0) is 18.8. The van der Waals surface area contributed by atoms with Crippen LogP contribution in [0.3, 0.4) is 0 Å². The molecule has 0 bridgehead atoms. The lowest BCUT2D eigenvalue weighted by molar-refractivity contribution is -0.121. The van der Waals surface area contributed by atoms with Gasteiger partial charge in [0.15, 0.2) is 5.76 Å². The molecule has 1 fully saturated rings. The molecule has 1 aromatic carbocycles. The first-order chi connectivity index (χ1) is 13.2. The standard InChI is InChI=1S/C20H22N2O5/c1-25-15-5-2-4-14(10-15)22-8-3-6-17(20(22)24)21-19(23)18-16-7-9-26-11-13(16)12-27-18/h2,4-5,10,12,17H,3,6-9,11H2,1H3,(H,21,23). The largest absolute Gasteiger partial charge is 0.497 e. The van der Waals surface area contributed by atoms with E-state index in [1.165, 1.54) is 0 Å². The molecule has 0 aliphatic carbocycles. The van der Waals surface area contributed by atoms with Gasteiger partial charge in [-0.05, 0) is 25.0 Å². The summed E-state index contributed by atoms with van der Waals surface area (Å²) < 4.78 is 16.1. The number of furan rings is 1. The summed E-state index contributed by atoms with van der Waals surface area (Å²) in [5.74, 6) is 0.520. The molecule has 0 radical (unpaired) electrons. The Bertz CT molecular complexity index is 860. The molecule has 142 valence electrons. The molecule has 1 unspecified atom stereocenters. The molecule has 0 saturated carbocycles. The lowest BCUT2D eigenvalue weighted by atomic mass is 10.0. The number of rotatable bonds is 4. The molecule has 1 atom stereocenters. The molecule has 2 aromatic rings. The third-order valence-corrected chi connectivity index (χ3v) is 5.05. The number of anilines is 1. The maximum Gasteiger partial charge on any atom is 0.287 e. The Morgan fingerprint density at radius 3 is 3.11 bits per heavy atom. The fraction of sp³-hybridized carbons (Fsp3) is 0.400. The summed E-state index contributed by atoms with van der Waals surface area (Å²) >= 11 is 0. The maximum atomic E-state index is 12.9. The summed E-state index contributed by atoms with van der Waals surface area (Å²) in [6.45, 7) is 1.64. The van der Waals surface area contributed by atoms with Crippen LogP contribution in [0.1, 0.15) is 34.5 Å². The minimum atomic E-state index is -0.571. The second-order valence-electron chi connectivity index (χ2n) is 6.73. The van der Waals surface area contributed by atoms with E-state index in [-0.39, 0.29) is 11.8 Å². The van der Waals surface area contributed by atoms with Crippen molar-refractivity contribution in [2.45, 2.75) is 31.9 Å². The lowest BCUT2D eigenvalue weighted by Gasteiger charge is -2.32. The Labute approximate surface area is 157 Å². The average molecular weight is 370 g/mol. The monoisotopic (exact) mass is 370 g/mol. The van der Waals surface area contributed by atoms with Crippen molar-refractivity contribution >= 4 is 17.5 Å². The SMILES string of the molecule is COc1cccc(N2CCCC(NC(=O)c3occ4c3CCOC4)C2=O)c1. The van der Waals surface area contributed by atoms with E-state index in [9.17, 15) is 9.59 Å². The zero-order valence-electron chi connectivity index (χ0n) is 15.2. The number of hydrogen-bond donors (Lipinski definition) is 1. The number of ether oxygens (including phenoxy) is 2. The summed E-state index contributed by atoms with van der Waals surface area (Å²) in [5, 5.41) is 2.85. The summed E-state index contributed by atoms with van der Waals surface area (Å²) in [7, 11) is 1.59. The fourth-order valence-electron chi connectivity index (χ4n) is 3.63. The van der Waals surface area contributed by atoms with Crippen molar-refractivity contribution in [1.82, 2.24) is 5.32 Å². The van der Waals surface area contributed by atoms with Gasteiger partial charge in [-0.3, -0.25) is 9.59 Å². The van der Waals surface area contributed by atoms with Crippen LogP contribution in [0.4, 0.5) is 5.69 Å². The molecule has 7 nitrogen and oxygen atoms in total. The van der Waals surface area contributed by atoms with E-state index in [1.807, 2.05) is 24.3 Å². The van der Waals surface area contributed by atoms with Gasteiger partial charge in [0.1, 0.15) is 11.8 Å². The van der Waals surface area contributed by atoms with Crippen LogP contribution < -0.4 is 15.0 Å². The van der Waals surface area contributed by atoms with Crippen molar-refractivity contribution in [2.24, 2.45) is 0 Å². The Balaban J connectivity index is 1.49. The first kappa shape index (κ1) is 17.6. The number of benzene rings is 1. The van der Waals surface area contributed by atoms with Gasteiger partial charge in [0.25, 0.3) is 5.91 Å². The Kier molecular flexibility index (Phi) is 4.85. The summed E-state index contributed by atoms with van der Waals surface area (Å²) in [6.07, 6.45) is 3.62. The van der Waals surface area contributed by atoms with Crippen molar-refractivity contribution in [3.05, 3.63) is 47.4 Å². The zero-order valence-corrected chi connectivity index (χ0v) is 15.2. The van der Waals surface area contributed by atoms with Gasteiger partial charge in [0.05, 0.1) is 26.6 Å². The molecule has 2 aliphatic heterocycles. The third-order valence-electron chi connectivity index (χ3n) is 5.05. The lowest BCUT2D eigenvalue weighted by Crippen LogP contribution is -2.52. The molecular formula is C20H22N2O5. The molecule has 3 heterocycles. The summed E-state index contributed by atoms with van der Waals surface area (Å²) in [4.78, 5) is 27.3. The van der Waals surface area contributed by atoms with Gasteiger partial charge in [-0.15, -0.1) is 0 Å². The molecule has 4 rings (SSSR count). The van der Waals surface area contributed by atoms with Gasteiger partial charge < -0.3 is 24.1 Å². The van der Waals surface area contributed by atoms with E-state index in [0.29, 0.717) is 44.1 Å². The number of carbonyl (C=O) groups is 2. The molecule has 2 amide bonds. The second-order valence-corrected chi connectivity index (χ2v) is 6.73. The topological polar surface area (TPSA) is 81.0 Å². The second kappa shape index (κ2) is 7.44. The Hall–Kier alpha value is -2.80. The fourth-order valence-corrected chi connectivity index (χ4v) is 3.63. The van der Waals surface area contributed by atoms with E-state index >= 15 is 0 Å². The van der Waals surface area contributed by atoms with E-state index in [2.05, 4.69) is 5.32 Å². The minimum Gasteiger partial charge on any atom is -0.497 e. The van der Waals surface area contributed by atoms with Crippen molar-refractivity contribution in [2.75, 3.05) is 25.2 Å². The van der Waals surface area contributed by atoms with Gasteiger partial charge in [0.2, 0.25) is 5.91 Å². The minimum absolute atomic E-state index is 0.119. The van der Waals surface area contributed by atoms with Crippen LogP contribution in [0.25, 0.3) is 0 Å². The van der Waals surface area contributed by atoms with Crippen molar-refractivity contribution in [1.29, 1.82) is 0 Å². The Morgan fingerprint density at radius 2 is 2.26 bits per heavy atom. The van der Waals surface area contributed by atoms with Crippen LogP contribution in [0, 0.1) is 0 Å². The summed E-state index contributed by atoms with van der Waals surface area (Å²) in [5.41, 5.74) is 2.55. The number of hydrogen-bond acceptors (Lipinski definition) is 5. The van der Waals surface area contributed by atoms with Crippen molar-refractivity contribution < 1.29 is 23.5 Å². The van der Waals surface area contributed by atoms with Crippen LogP contribution in [0.15, 0.2) is 34.9 Å². The van der Waals surface area contributed by atoms with Crippen molar-refractivity contribution in [3.63, 3.8) is 0 Å². The van der Waals surface area contributed by atoms with Gasteiger partial charge >= 0.3 is 0 Å². The van der Waals surface area contributed by atoms with Crippen LogP contribution in [0.5, 0.6) is 5.75 Å². The third kappa shape index (κ3) is 3.42. The summed E-state index contributed by atoms with van der Waals surface area (Å²) in [6, 6.07) is 6.80. The molecule has 27 heavy (non-hydrogen) atoms. The molecule has 1 N–H and O–H groups in total. The predicted octanol–water partition coefficient (Wildman–Crippen LogP) is 2.29. The first-order valence-electron chi connectivity index (χ1n) is 9.10. The van der Waals surface area contributed by atoms with Gasteiger partial charge in [-0.25, -0.2) is 0 Å². The quantitative estimate of drug-likeness (QED) is 0.893. The highest BCUT2D eigenvalue weighted by Crippen LogP contribution is 2.26. The molecule has 1 aromatic heterocycles. The number of nitrogens with zero attached hydrogens (tertiary/aromatic N) is 1. The van der Waals surface area contributed by atoms with Crippen LogP contribution in [0.2, 0.25) is 0 Å². The molecule has 0 spiro atoms. The first-order valence-corrected chi connectivity index (χ1v) is 9.10. The molecule has 7 heteroatoms. The normalized spacial score (nSPS) is 19.5. The van der Waals surface area contributed by atoms with E-state index in [1.54, 1.807) is 18.3 Å². The van der Waals surface area contributed by atoms with Gasteiger partial charge in [0, 0.05) is 35.8 Å². The van der Waals surface area contributed by atoms with Gasteiger partial charge in [-0.1, -0.05) is 6.07 Å². The Morgan fingerprint density at radius 1 is 1.37 bits per heavy atom. The van der Waals surface area contributed by atoms with Crippen LogP contribution >= 0.6 is 0 Å². The molecular weight excluding hydrogens is 348 g/mol. The average Bonchev–Trinajstić information content (AvgIpc) is 3.14. The molecule has 1 saturated heterocycles. The van der Waals surface area contributed by atoms with Crippen molar-refractivity contribution in [3.8, 4) is 5.75 Å². The number of amides is 2. The van der Waals surface area contributed by atoms with E-state index in [4.69, 9.17) is 13.9 Å². The highest BCUT2D eigenvalue weighted by atomic mass is 16.5. The predicted molar refractivity (Wildman–Crippen MR) is 97.9 cm³/mol. The van der Waals surface area contributed by atoms with E-state index in [0.717, 1.165) is 23.2 Å². The number of fused-ring (bicyclic) bond motifs is 1. The highest BCUT2D eigenvalue weighted by molar-refractivity contribution is 6.02. The van der Waals surface area contributed by atoms with E-state index < -0.39 is 6.04 Å². The number of methoxy groups -OCH3 is 1. The highest BCUT2D eigenvalue weighted by Gasteiger charge is 2.33. The smallest absolute Gasteiger partial charge is 0.287 e. The molecule has 2 aliphatic rings. The number of nitrogens with one attached hydrogen (secondary N) is 1. The number of carbonyl (C=O) groups excluding carboxylic acids is 2. The van der Waals surface area contributed by atoms with Crippen LogP contribution in [-0.2, 0) is 22.6 Å². The maximum absolute atomic E-state index is 12.9. The number of piperidine rings is 1. The van der Waals surface area contributed by atoms with Crippen LogP contribution in [-0.4, -0.2) is 38.1 Å².